The van der Waals surface area contributed by atoms with Gasteiger partial charge in [0, 0.05) is 38.9 Å². The van der Waals surface area contributed by atoms with E-state index in [2.05, 4.69) is 14.9 Å². The summed E-state index contributed by atoms with van der Waals surface area (Å²) in [5.74, 6) is -0.0881. The van der Waals surface area contributed by atoms with E-state index in [1.165, 1.54) is 4.31 Å². The smallest absolute Gasteiger partial charge is 0.243 e. The largest absolute Gasteiger partial charge is 0.344 e. The second-order valence-electron chi connectivity index (χ2n) is 8.08. The van der Waals surface area contributed by atoms with Gasteiger partial charge in [-0.1, -0.05) is 36.0 Å². The van der Waals surface area contributed by atoms with Gasteiger partial charge in [0.1, 0.15) is 16.4 Å². The Labute approximate surface area is 191 Å². The van der Waals surface area contributed by atoms with Gasteiger partial charge in [0.2, 0.25) is 15.9 Å². The van der Waals surface area contributed by atoms with E-state index in [0.29, 0.717) is 39.1 Å². The van der Waals surface area contributed by atoms with E-state index >= 15 is 0 Å². The van der Waals surface area contributed by atoms with Crippen LogP contribution < -0.4 is 4.90 Å². The molecule has 4 heterocycles. The summed E-state index contributed by atoms with van der Waals surface area (Å²) in [6.07, 6.45) is 3.96. The van der Waals surface area contributed by atoms with Crippen LogP contribution in [-0.4, -0.2) is 72.3 Å². The third-order valence-corrected chi connectivity index (χ3v) is 9.07. The Bertz CT molecular complexity index is 1170. The van der Waals surface area contributed by atoms with E-state index in [1.807, 2.05) is 17.0 Å². The molecule has 2 fully saturated rings. The van der Waals surface area contributed by atoms with Crippen molar-refractivity contribution in [2.24, 2.45) is 0 Å². The fraction of sp³-hybridized carbons (Fsp3) is 0.409. The van der Waals surface area contributed by atoms with E-state index in [9.17, 15) is 13.2 Å². The lowest BCUT2D eigenvalue weighted by molar-refractivity contribution is -0.136. The van der Waals surface area contributed by atoms with Crippen molar-refractivity contribution in [1.29, 1.82) is 0 Å². The quantitative estimate of drug-likeness (QED) is 0.581. The molecule has 0 bridgehead atoms. The van der Waals surface area contributed by atoms with Gasteiger partial charge in [-0.15, -0.1) is 0 Å². The number of fused-ring (bicyclic) bond motifs is 1. The number of sulfonamides is 1. The highest BCUT2D eigenvalue weighted by molar-refractivity contribution is 7.89. The van der Waals surface area contributed by atoms with Crippen molar-refractivity contribution in [2.45, 2.75) is 30.2 Å². The van der Waals surface area contributed by atoms with Crippen LogP contribution in [0.3, 0.4) is 0 Å². The maximum atomic E-state index is 13.4. The average Bonchev–Trinajstić information content (AvgIpc) is 3.29. The SMILES string of the molecule is O=C(C1CCCCN1S(=O)(=O)c1ccccc1)N1CCN(c2nc3cccnc3s2)CC1. The standard InChI is InChI=1S/C22H25N5O3S2/c28-21(19-10-4-5-12-27(19)32(29,30)17-7-2-1-3-8-17)25-13-15-26(16-14-25)22-24-18-9-6-11-23-20(18)31-22/h1-3,6-9,11,19H,4-5,10,12-16H2. The molecule has 32 heavy (non-hydrogen) atoms. The van der Waals surface area contributed by atoms with Crippen LogP contribution in [0.1, 0.15) is 19.3 Å². The van der Waals surface area contributed by atoms with Gasteiger partial charge >= 0.3 is 0 Å². The molecule has 1 aromatic carbocycles. The van der Waals surface area contributed by atoms with Crippen LogP contribution in [0, 0.1) is 0 Å². The average molecular weight is 472 g/mol. The highest BCUT2D eigenvalue weighted by Crippen LogP contribution is 2.29. The number of hydrogen-bond acceptors (Lipinski definition) is 7. The third-order valence-electron chi connectivity index (χ3n) is 6.11. The molecule has 2 aliphatic heterocycles. The van der Waals surface area contributed by atoms with E-state index in [1.54, 1.807) is 47.9 Å². The van der Waals surface area contributed by atoms with Crippen LogP contribution in [0.4, 0.5) is 5.13 Å². The minimum absolute atomic E-state index is 0.0881. The molecule has 0 aliphatic carbocycles. The Morgan fingerprint density at radius 3 is 2.50 bits per heavy atom. The predicted molar refractivity (Wildman–Crippen MR) is 124 cm³/mol. The molecular weight excluding hydrogens is 446 g/mol. The Morgan fingerprint density at radius 1 is 0.969 bits per heavy atom. The molecule has 2 saturated heterocycles. The summed E-state index contributed by atoms with van der Waals surface area (Å²) in [5, 5.41) is 0.914. The second kappa shape index (κ2) is 8.76. The number of amides is 1. The molecule has 168 valence electrons. The van der Waals surface area contributed by atoms with Crippen LogP contribution in [0.5, 0.6) is 0 Å². The van der Waals surface area contributed by atoms with Crippen LogP contribution in [0.15, 0.2) is 53.6 Å². The molecule has 0 radical (unpaired) electrons. The van der Waals surface area contributed by atoms with Gasteiger partial charge in [-0.05, 0) is 37.1 Å². The summed E-state index contributed by atoms with van der Waals surface area (Å²) < 4.78 is 27.9. The number of hydrogen-bond donors (Lipinski definition) is 0. The number of piperazine rings is 1. The molecule has 2 aromatic heterocycles. The van der Waals surface area contributed by atoms with Crippen LogP contribution >= 0.6 is 11.3 Å². The fourth-order valence-corrected chi connectivity index (χ4v) is 7.02. The molecule has 1 amide bonds. The van der Waals surface area contributed by atoms with Crippen molar-refractivity contribution in [2.75, 3.05) is 37.6 Å². The molecule has 1 unspecified atom stereocenters. The maximum absolute atomic E-state index is 13.4. The lowest BCUT2D eigenvalue weighted by atomic mass is 10.0. The summed E-state index contributed by atoms with van der Waals surface area (Å²) >= 11 is 1.56. The molecule has 5 rings (SSSR count). The number of thiazole rings is 1. The molecule has 2 aliphatic rings. The first-order valence-corrected chi connectivity index (χ1v) is 13.1. The monoisotopic (exact) mass is 471 g/mol. The third kappa shape index (κ3) is 3.98. The zero-order chi connectivity index (χ0) is 22.1. The van der Waals surface area contributed by atoms with Crippen LogP contribution in [-0.2, 0) is 14.8 Å². The number of pyridine rings is 1. The lowest BCUT2D eigenvalue weighted by Crippen LogP contribution is -2.57. The number of carbonyl (C=O) groups excluding carboxylic acids is 1. The highest BCUT2D eigenvalue weighted by atomic mass is 32.2. The van der Waals surface area contributed by atoms with E-state index in [0.717, 1.165) is 28.3 Å². The molecule has 8 nitrogen and oxygen atoms in total. The normalized spacial score (nSPS) is 20.6. The van der Waals surface area contributed by atoms with Gasteiger partial charge in [0.25, 0.3) is 0 Å². The summed E-state index contributed by atoms with van der Waals surface area (Å²) in [6.45, 7) is 2.83. The van der Waals surface area contributed by atoms with Crippen molar-refractivity contribution in [3.05, 3.63) is 48.7 Å². The van der Waals surface area contributed by atoms with Gasteiger partial charge in [-0.3, -0.25) is 4.79 Å². The Hall–Kier alpha value is -2.56. The van der Waals surface area contributed by atoms with Crippen molar-refractivity contribution >= 4 is 42.7 Å². The first kappa shape index (κ1) is 21.3. The van der Waals surface area contributed by atoms with Crippen molar-refractivity contribution in [3.8, 4) is 0 Å². The van der Waals surface area contributed by atoms with Crippen LogP contribution in [0.25, 0.3) is 10.3 Å². The molecule has 10 heteroatoms. The zero-order valence-electron chi connectivity index (χ0n) is 17.6. The molecular formula is C22H25N5O3S2. The zero-order valence-corrected chi connectivity index (χ0v) is 19.3. The topological polar surface area (TPSA) is 86.7 Å². The Balaban J connectivity index is 1.29. The maximum Gasteiger partial charge on any atom is 0.243 e. The molecule has 0 saturated carbocycles. The number of rotatable bonds is 4. The first-order valence-electron chi connectivity index (χ1n) is 10.9. The van der Waals surface area contributed by atoms with E-state index in [-0.39, 0.29) is 10.8 Å². The number of anilines is 1. The van der Waals surface area contributed by atoms with Gasteiger partial charge < -0.3 is 9.80 Å². The summed E-state index contributed by atoms with van der Waals surface area (Å²) in [4.78, 5) is 27.6. The molecule has 1 atom stereocenters. The fourth-order valence-electron chi connectivity index (χ4n) is 4.39. The predicted octanol–water partition coefficient (Wildman–Crippen LogP) is 2.58. The first-order chi connectivity index (χ1) is 15.5. The second-order valence-corrected chi connectivity index (χ2v) is 10.9. The van der Waals surface area contributed by atoms with Gasteiger partial charge in [0.15, 0.2) is 5.13 Å². The number of carbonyl (C=O) groups is 1. The minimum Gasteiger partial charge on any atom is -0.344 e. The Kier molecular flexibility index (Phi) is 5.83. The summed E-state index contributed by atoms with van der Waals surface area (Å²) in [5.41, 5.74) is 0.884. The van der Waals surface area contributed by atoms with Crippen LogP contribution in [0.2, 0.25) is 0 Å². The summed E-state index contributed by atoms with van der Waals surface area (Å²) in [6, 6.07) is 11.6. The number of benzene rings is 1. The molecule has 0 spiro atoms. The van der Waals surface area contributed by atoms with Crippen molar-refractivity contribution < 1.29 is 13.2 Å². The summed E-state index contributed by atoms with van der Waals surface area (Å²) in [7, 11) is -3.70. The molecule has 0 N–H and O–H groups in total. The number of nitrogens with zero attached hydrogens (tertiary/aromatic N) is 5. The number of aromatic nitrogens is 2. The number of piperidine rings is 1. The van der Waals surface area contributed by atoms with Gasteiger partial charge in [-0.25, -0.2) is 18.4 Å². The molecule has 3 aromatic rings. The van der Waals surface area contributed by atoms with E-state index in [4.69, 9.17) is 0 Å². The Morgan fingerprint density at radius 2 is 1.75 bits per heavy atom. The van der Waals surface area contributed by atoms with Crippen molar-refractivity contribution in [3.63, 3.8) is 0 Å². The van der Waals surface area contributed by atoms with E-state index < -0.39 is 16.1 Å². The van der Waals surface area contributed by atoms with Gasteiger partial charge in [-0.2, -0.15) is 4.31 Å². The highest BCUT2D eigenvalue weighted by Gasteiger charge is 2.40. The van der Waals surface area contributed by atoms with Crippen molar-refractivity contribution in [1.82, 2.24) is 19.2 Å². The lowest BCUT2D eigenvalue weighted by Gasteiger charge is -2.40. The minimum atomic E-state index is -3.70. The van der Waals surface area contributed by atoms with Gasteiger partial charge in [0.05, 0.1) is 4.90 Å².